The van der Waals surface area contributed by atoms with Gasteiger partial charge in [0, 0.05) is 19.0 Å². The minimum atomic E-state index is -0.0415. The Morgan fingerprint density at radius 1 is 1.15 bits per heavy atom. The second-order valence-corrected chi connectivity index (χ2v) is 10.1. The molecule has 176 valence electrons. The Labute approximate surface area is 205 Å². The zero-order valence-electron chi connectivity index (χ0n) is 19.2. The Hall–Kier alpha value is -3.18. The third-order valence-electron chi connectivity index (χ3n) is 5.53. The van der Waals surface area contributed by atoms with Crippen LogP contribution in [0.3, 0.4) is 0 Å². The molecule has 9 nitrogen and oxygen atoms in total. The molecule has 5 rings (SSSR count). The van der Waals surface area contributed by atoms with Crippen molar-refractivity contribution in [1.29, 1.82) is 0 Å². The number of thiophene rings is 1. The molecule has 0 atom stereocenters. The number of hydrogen-bond acceptors (Lipinski definition) is 10. The Kier molecular flexibility index (Phi) is 6.13. The SMILES string of the molecule is CCOc1ccc(-n2c(SCc3nc(N)nc(N(C)C)n3)nc3sc4c(c3c2=O)CCC4)cc1. The zero-order valence-corrected chi connectivity index (χ0v) is 20.9. The molecule has 0 fully saturated rings. The van der Waals surface area contributed by atoms with Gasteiger partial charge in [-0.25, -0.2) is 4.98 Å². The highest BCUT2D eigenvalue weighted by atomic mass is 32.2. The summed E-state index contributed by atoms with van der Waals surface area (Å²) in [5.74, 6) is 2.34. The highest BCUT2D eigenvalue weighted by molar-refractivity contribution is 7.98. The molecule has 2 N–H and O–H groups in total. The molecule has 1 aliphatic rings. The molecule has 0 amide bonds. The van der Waals surface area contributed by atoms with Gasteiger partial charge in [-0.15, -0.1) is 11.3 Å². The minimum Gasteiger partial charge on any atom is -0.494 e. The summed E-state index contributed by atoms with van der Waals surface area (Å²) in [6, 6.07) is 7.53. The van der Waals surface area contributed by atoms with Crippen LogP contribution >= 0.6 is 23.1 Å². The number of nitrogen functional groups attached to an aromatic ring is 1. The fourth-order valence-electron chi connectivity index (χ4n) is 4.03. The second kappa shape index (κ2) is 9.22. The Morgan fingerprint density at radius 3 is 2.68 bits per heavy atom. The first-order valence-corrected chi connectivity index (χ1v) is 12.9. The van der Waals surface area contributed by atoms with Crippen LogP contribution in [0, 0.1) is 0 Å². The van der Waals surface area contributed by atoms with Gasteiger partial charge in [0.15, 0.2) is 5.16 Å². The number of fused-ring (bicyclic) bond motifs is 3. The van der Waals surface area contributed by atoms with Gasteiger partial charge >= 0.3 is 0 Å². The summed E-state index contributed by atoms with van der Waals surface area (Å²) in [7, 11) is 3.70. The molecule has 0 spiro atoms. The highest BCUT2D eigenvalue weighted by Gasteiger charge is 2.24. The summed E-state index contributed by atoms with van der Waals surface area (Å²) < 4.78 is 7.26. The molecule has 0 saturated carbocycles. The van der Waals surface area contributed by atoms with Crippen molar-refractivity contribution in [1.82, 2.24) is 24.5 Å². The van der Waals surface area contributed by atoms with Crippen molar-refractivity contribution >= 4 is 45.2 Å². The summed E-state index contributed by atoms with van der Waals surface area (Å²) in [6.07, 6.45) is 3.03. The number of hydrogen-bond donors (Lipinski definition) is 1. The van der Waals surface area contributed by atoms with Crippen molar-refractivity contribution in [3.05, 3.63) is 50.9 Å². The van der Waals surface area contributed by atoms with Gasteiger partial charge in [-0.2, -0.15) is 15.0 Å². The van der Waals surface area contributed by atoms with Crippen molar-refractivity contribution in [2.24, 2.45) is 0 Å². The van der Waals surface area contributed by atoms with Crippen LogP contribution in [0.1, 0.15) is 29.6 Å². The van der Waals surface area contributed by atoms with Crippen LogP contribution in [0.2, 0.25) is 0 Å². The van der Waals surface area contributed by atoms with Crippen LogP contribution in [-0.4, -0.2) is 45.2 Å². The minimum absolute atomic E-state index is 0.0415. The molecule has 11 heteroatoms. The zero-order chi connectivity index (χ0) is 23.8. The van der Waals surface area contributed by atoms with E-state index in [0.717, 1.165) is 46.5 Å². The molecule has 1 aliphatic carbocycles. The van der Waals surface area contributed by atoms with E-state index >= 15 is 0 Å². The largest absolute Gasteiger partial charge is 0.494 e. The molecule has 0 radical (unpaired) electrons. The van der Waals surface area contributed by atoms with Crippen LogP contribution in [0.15, 0.2) is 34.2 Å². The van der Waals surface area contributed by atoms with E-state index in [9.17, 15) is 4.79 Å². The van der Waals surface area contributed by atoms with Crippen molar-refractivity contribution in [3.8, 4) is 11.4 Å². The Balaban J connectivity index is 1.59. The summed E-state index contributed by atoms with van der Waals surface area (Å²) in [6.45, 7) is 2.52. The quantitative estimate of drug-likeness (QED) is 0.304. The predicted molar refractivity (Wildman–Crippen MR) is 137 cm³/mol. The third-order valence-corrected chi connectivity index (χ3v) is 7.65. The van der Waals surface area contributed by atoms with Crippen LogP contribution in [0.4, 0.5) is 11.9 Å². The highest BCUT2D eigenvalue weighted by Crippen LogP contribution is 2.36. The van der Waals surface area contributed by atoms with Gasteiger partial charge in [-0.1, -0.05) is 11.8 Å². The molecule has 1 aromatic carbocycles. The van der Waals surface area contributed by atoms with E-state index in [2.05, 4.69) is 15.0 Å². The summed E-state index contributed by atoms with van der Waals surface area (Å²) in [5, 5.41) is 1.34. The number of ether oxygens (including phenoxy) is 1. The molecule has 4 aromatic rings. The lowest BCUT2D eigenvalue weighted by Gasteiger charge is -2.14. The van der Waals surface area contributed by atoms with Crippen molar-refractivity contribution in [2.75, 3.05) is 31.3 Å². The van der Waals surface area contributed by atoms with Crippen LogP contribution in [0.25, 0.3) is 15.9 Å². The van der Waals surface area contributed by atoms with Crippen LogP contribution in [-0.2, 0) is 18.6 Å². The third kappa shape index (κ3) is 4.21. The number of rotatable bonds is 7. The van der Waals surface area contributed by atoms with E-state index in [1.807, 2.05) is 45.3 Å². The molecular weight excluding hydrogens is 470 g/mol. The number of nitrogens with zero attached hydrogens (tertiary/aromatic N) is 6. The fraction of sp³-hybridized carbons (Fsp3) is 0.348. The first kappa shape index (κ1) is 22.6. The monoisotopic (exact) mass is 495 g/mol. The molecule has 0 aliphatic heterocycles. The Bertz CT molecular complexity index is 1410. The number of aryl methyl sites for hydroxylation is 2. The summed E-state index contributed by atoms with van der Waals surface area (Å²) in [4.78, 5) is 35.5. The lowest BCUT2D eigenvalue weighted by molar-refractivity contribution is 0.340. The van der Waals surface area contributed by atoms with Crippen molar-refractivity contribution in [3.63, 3.8) is 0 Å². The number of aromatic nitrogens is 5. The number of nitrogens with two attached hydrogens (primary N) is 1. The lowest BCUT2D eigenvalue weighted by Crippen LogP contribution is -2.22. The van der Waals surface area contributed by atoms with E-state index in [-0.39, 0.29) is 11.5 Å². The van der Waals surface area contributed by atoms with Gasteiger partial charge in [-0.3, -0.25) is 9.36 Å². The molecule has 0 bridgehead atoms. The first-order valence-electron chi connectivity index (χ1n) is 11.1. The maximum absolute atomic E-state index is 13.8. The van der Waals surface area contributed by atoms with Gasteiger partial charge in [-0.05, 0) is 56.0 Å². The van der Waals surface area contributed by atoms with E-state index in [0.29, 0.717) is 29.3 Å². The smallest absolute Gasteiger partial charge is 0.267 e. The van der Waals surface area contributed by atoms with E-state index in [1.54, 1.807) is 20.8 Å². The van der Waals surface area contributed by atoms with Crippen molar-refractivity contribution < 1.29 is 4.74 Å². The fourth-order valence-corrected chi connectivity index (χ4v) is 6.20. The second-order valence-electron chi connectivity index (χ2n) is 8.09. The van der Waals surface area contributed by atoms with Crippen molar-refractivity contribution in [2.45, 2.75) is 37.1 Å². The molecule has 3 aromatic heterocycles. The van der Waals surface area contributed by atoms with E-state index < -0.39 is 0 Å². The standard InChI is InChI=1S/C23H25N7O2S2/c1-4-32-14-10-8-13(9-11-14)30-20(31)18-15-6-5-7-16(15)34-19(18)27-23(30)33-12-17-25-21(24)28-22(26-17)29(2)3/h8-11H,4-7,12H2,1-3H3,(H2,24,25,26,28). The predicted octanol–water partition coefficient (Wildman–Crippen LogP) is 3.46. The average Bonchev–Trinajstić information content (AvgIpc) is 3.39. The molecule has 3 heterocycles. The maximum Gasteiger partial charge on any atom is 0.267 e. The van der Waals surface area contributed by atoms with Gasteiger partial charge in [0.1, 0.15) is 16.4 Å². The van der Waals surface area contributed by atoms with E-state index in [1.165, 1.54) is 16.6 Å². The van der Waals surface area contributed by atoms with Gasteiger partial charge in [0.05, 0.1) is 23.4 Å². The number of benzene rings is 1. The molecular formula is C23H25N7O2S2. The molecule has 0 saturated heterocycles. The Morgan fingerprint density at radius 2 is 1.94 bits per heavy atom. The van der Waals surface area contributed by atoms with Gasteiger partial charge in [0.2, 0.25) is 11.9 Å². The molecule has 0 unspecified atom stereocenters. The molecule has 34 heavy (non-hydrogen) atoms. The van der Waals surface area contributed by atoms with Crippen LogP contribution in [0.5, 0.6) is 5.75 Å². The lowest BCUT2D eigenvalue weighted by atomic mass is 10.2. The first-order chi connectivity index (χ1) is 16.4. The maximum atomic E-state index is 13.8. The topological polar surface area (TPSA) is 112 Å². The van der Waals surface area contributed by atoms with Gasteiger partial charge in [0.25, 0.3) is 5.56 Å². The average molecular weight is 496 g/mol. The number of anilines is 2. The van der Waals surface area contributed by atoms with Gasteiger partial charge < -0.3 is 15.4 Å². The van der Waals surface area contributed by atoms with Crippen LogP contribution < -0.4 is 20.9 Å². The normalized spacial score (nSPS) is 12.8. The number of thioether (sulfide) groups is 1. The summed E-state index contributed by atoms with van der Waals surface area (Å²) >= 11 is 3.04. The summed E-state index contributed by atoms with van der Waals surface area (Å²) in [5.41, 5.74) is 7.75. The van der Waals surface area contributed by atoms with E-state index in [4.69, 9.17) is 15.5 Å².